The Morgan fingerprint density at radius 2 is 1.40 bits per heavy atom. The maximum atomic E-state index is 15.1. The Morgan fingerprint density at radius 1 is 0.881 bits per heavy atom. The van der Waals surface area contributed by atoms with Gasteiger partial charge in [-0.3, -0.25) is 0 Å². The first-order valence-corrected chi connectivity index (χ1v) is 15.9. The van der Waals surface area contributed by atoms with Crippen molar-refractivity contribution < 1.29 is 33.0 Å². The first kappa shape index (κ1) is 35.7. The average molecular weight is 591 g/mol. The molecule has 0 radical (unpaired) electrons. The predicted molar refractivity (Wildman–Crippen MR) is 163 cm³/mol. The van der Waals surface area contributed by atoms with E-state index >= 15 is 8.78 Å². The molecular weight excluding hydrogens is 538 g/mol. The summed E-state index contributed by atoms with van der Waals surface area (Å²) in [6.07, 6.45) is 15.1. The molecule has 1 aromatic carbocycles. The molecule has 7 heteroatoms. The lowest BCUT2D eigenvalue weighted by Crippen LogP contribution is -2.17. The number of rotatable bonds is 20. The highest BCUT2D eigenvalue weighted by Crippen LogP contribution is 2.34. The fraction of sp³-hybridized carbons (Fsp3) is 0.657. The van der Waals surface area contributed by atoms with Gasteiger partial charge < -0.3 is 14.6 Å². The van der Waals surface area contributed by atoms with Gasteiger partial charge in [0.05, 0.1) is 25.4 Å². The molecule has 5 nitrogen and oxygen atoms in total. The second-order valence-corrected chi connectivity index (χ2v) is 12.1. The third-order valence-electron chi connectivity index (χ3n) is 8.59. The van der Waals surface area contributed by atoms with Gasteiger partial charge in [-0.05, 0) is 67.9 Å². The molecule has 0 heterocycles. The maximum absolute atomic E-state index is 15.1. The minimum absolute atomic E-state index is 0.0135. The standard InChI is InChI=1S/C35H52F2O5/c1-5-6-7-10-27-13-15-28(16-14-27)11-8-9-12-30-17-18-31(33(37)32(30)36)23-29(19-21-41-34(39)25(2)3)20-22-42-35(40)26(4)24-38/h17-18,27-29,38H,2,4-16,19-24H2,1,3H3. The van der Waals surface area contributed by atoms with E-state index < -0.39 is 30.2 Å². The van der Waals surface area contributed by atoms with Crippen LogP contribution < -0.4 is 0 Å². The number of hydrogen-bond acceptors (Lipinski definition) is 5. The second kappa shape index (κ2) is 19.6. The number of esters is 2. The van der Waals surface area contributed by atoms with Gasteiger partial charge in [0.1, 0.15) is 0 Å². The zero-order valence-corrected chi connectivity index (χ0v) is 25.9. The lowest BCUT2D eigenvalue weighted by Gasteiger charge is -2.28. The predicted octanol–water partition coefficient (Wildman–Crippen LogP) is 8.21. The molecule has 2 rings (SSSR count). The number of hydrogen-bond donors (Lipinski definition) is 1. The minimum atomic E-state index is -0.844. The molecule has 1 aliphatic carbocycles. The van der Waals surface area contributed by atoms with E-state index in [-0.39, 0.29) is 42.3 Å². The van der Waals surface area contributed by atoms with Crippen LogP contribution in [-0.2, 0) is 31.9 Å². The molecule has 0 aromatic heterocycles. The highest BCUT2D eigenvalue weighted by atomic mass is 19.2. The van der Waals surface area contributed by atoms with Gasteiger partial charge in [0.25, 0.3) is 0 Å². The summed E-state index contributed by atoms with van der Waals surface area (Å²) in [6, 6.07) is 3.32. The number of unbranched alkanes of at least 4 members (excludes halogenated alkanes) is 3. The summed E-state index contributed by atoms with van der Waals surface area (Å²) < 4.78 is 40.5. The number of aliphatic hydroxyl groups is 1. The molecule has 0 bridgehead atoms. The Kier molecular flexibility index (Phi) is 16.6. The average Bonchev–Trinajstić information content (AvgIpc) is 2.98. The summed E-state index contributed by atoms with van der Waals surface area (Å²) in [5.74, 6) is -1.43. The second-order valence-electron chi connectivity index (χ2n) is 12.1. The third-order valence-corrected chi connectivity index (χ3v) is 8.59. The number of aliphatic hydroxyl groups excluding tert-OH is 1. The summed E-state index contributed by atoms with van der Waals surface area (Å²) in [6.45, 7) is 10.4. The Hall–Kier alpha value is -2.54. The summed E-state index contributed by atoms with van der Waals surface area (Å²) in [7, 11) is 0. The van der Waals surface area contributed by atoms with Crippen molar-refractivity contribution in [2.75, 3.05) is 19.8 Å². The lowest BCUT2D eigenvalue weighted by molar-refractivity contribution is -0.139. The molecular formula is C35H52F2O5. The zero-order valence-electron chi connectivity index (χ0n) is 25.9. The smallest absolute Gasteiger partial charge is 0.335 e. The molecule has 42 heavy (non-hydrogen) atoms. The van der Waals surface area contributed by atoms with Crippen molar-refractivity contribution in [2.45, 2.75) is 110 Å². The summed E-state index contributed by atoms with van der Waals surface area (Å²) in [4.78, 5) is 23.6. The zero-order chi connectivity index (χ0) is 30.9. The van der Waals surface area contributed by atoms with Gasteiger partial charge in [0.2, 0.25) is 0 Å². The van der Waals surface area contributed by atoms with Crippen LogP contribution in [-0.4, -0.2) is 36.9 Å². The van der Waals surface area contributed by atoms with Crippen LogP contribution in [0, 0.1) is 29.4 Å². The van der Waals surface area contributed by atoms with Gasteiger partial charge in [-0.25, -0.2) is 18.4 Å². The van der Waals surface area contributed by atoms with Crippen molar-refractivity contribution in [1.29, 1.82) is 0 Å². The van der Waals surface area contributed by atoms with Crippen molar-refractivity contribution >= 4 is 11.9 Å². The molecule has 1 atom stereocenters. The summed E-state index contributed by atoms with van der Waals surface area (Å²) >= 11 is 0. The monoisotopic (exact) mass is 590 g/mol. The topological polar surface area (TPSA) is 72.8 Å². The van der Waals surface area contributed by atoms with E-state index in [1.54, 1.807) is 19.1 Å². The summed E-state index contributed by atoms with van der Waals surface area (Å²) in [5, 5.41) is 9.03. The van der Waals surface area contributed by atoms with Crippen molar-refractivity contribution in [3.63, 3.8) is 0 Å². The molecule has 236 valence electrons. The van der Waals surface area contributed by atoms with Gasteiger partial charge in [-0.2, -0.15) is 0 Å². The van der Waals surface area contributed by atoms with Crippen LogP contribution in [0.2, 0.25) is 0 Å². The molecule has 0 spiro atoms. The van der Waals surface area contributed by atoms with E-state index in [4.69, 9.17) is 14.6 Å². The number of halogens is 2. The van der Waals surface area contributed by atoms with E-state index in [0.717, 1.165) is 31.1 Å². The van der Waals surface area contributed by atoms with Crippen LogP contribution in [0.1, 0.15) is 108 Å². The van der Waals surface area contributed by atoms with Crippen molar-refractivity contribution in [2.24, 2.45) is 17.8 Å². The molecule has 1 unspecified atom stereocenters. The van der Waals surface area contributed by atoms with Crippen molar-refractivity contribution in [3.8, 4) is 0 Å². The van der Waals surface area contributed by atoms with Gasteiger partial charge in [0, 0.05) is 5.57 Å². The molecule has 1 aromatic rings. The quantitative estimate of drug-likeness (QED) is 0.0941. The Balaban J connectivity index is 1.86. The maximum Gasteiger partial charge on any atom is 0.335 e. The molecule has 0 aliphatic heterocycles. The number of benzene rings is 1. The molecule has 1 fully saturated rings. The van der Waals surface area contributed by atoms with E-state index in [1.807, 2.05) is 0 Å². The number of carbonyl (C=O) groups is 2. The van der Waals surface area contributed by atoms with Crippen LogP contribution in [0.5, 0.6) is 0 Å². The van der Waals surface area contributed by atoms with Crippen LogP contribution >= 0.6 is 0 Å². The van der Waals surface area contributed by atoms with Crippen molar-refractivity contribution in [1.82, 2.24) is 0 Å². The van der Waals surface area contributed by atoms with Gasteiger partial charge in [0.15, 0.2) is 11.6 Å². The van der Waals surface area contributed by atoms with Crippen LogP contribution in [0.3, 0.4) is 0 Å². The molecule has 1 aliphatic rings. The van der Waals surface area contributed by atoms with Crippen LogP contribution in [0.25, 0.3) is 0 Å². The van der Waals surface area contributed by atoms with Crippen LogP contribution in [0.15, 0.2) is 36.4 Å². The Morgan fingerprint density at radius 3 is 1.95 bits per heavy atom. The minimum Gasteiger partial charge on any atom is -0.462 e. The fourth-order valence-corrected chi connectivity index (χ4v) is 5.81. The largest absolute Gasteiger partial charge is 0.462 e. The van der Waals surface area contributed by atoms with E-state index in [0.29, 0.717) is 24.8 Å². The van der Waals surface area contributed by atoms with Gasteiger partial charge in [-0.15, -0.1) is 0 Å². The molecule has 1 N–H and O–H groups in total. The van der Waals surface area contributed by atoms with Crippen molar-refractivity contribution in [3.05, 3.63) is 59.2 Å². The van der Waals surface area contributed by atoms with E-state index in [9.17, 15) is 9.59 Å². The third kappa shape index (κ3) is 12.8. The lowest BCUT2D eigenvalue weighted by atomic mass is 9.78. The number of carbonyl (C=O) groups excluding carboxylic acids is 2. The molecule has 0 amide bonds. The highest BCUT2D eigenvalue weighted by Gasteiger charge is 2.22. The normalized spacial score (nSPS) is 17.5. The van der Waals surface area contributed by atoms with Gasteiger partial charge in [-0.1, -0.05) is 96.4 Å². The molecule has 0 saturated heterocycles. The highest BCUT2D eigenvalue weighted by molar-refractivity contribution is 5.88. The SMILES string of the molecule is C=C(C)C(=O)OCCC(CCOC(=O)C(=C)CO)Cc1ccc(CCCCC2CCC(CCCCC)CC2)c(F)c1F. The Bertz CT molecular complexity index is 1010. The van der Waals surface area contributed by atoms with Gasteiger partial charge >= 0.3 is 11.9 Å². The fourth-order valence-electron chi connectivity index (χ4n) is 5.81. The first-order valence-electron chi connectivity index (χ1n) is 15.9. The first-order chi connectivity index (χ1) is 20.2. The van der Waals surface area contributed by atoms with E-state index in [1.165, 1.54) is 51.4 Å². The van der Waals surface area contributed by atoms with E-state index in [2.05, 4.69) is 20.1 Å². The number of aryl methyl sites for hydroxylation is 1. The molecule has 1 saturated carbocycles. The number of ether oxygens (including phenoxy) is 2. The van der Waals surface area contributed by atoms with Crippen LogP contribution in [0.4, 0.5) is 8.78 Å². The summed E-state index contributed by atoms with van der Waals surface area (Å²) in [5.41, 5.74) is 0.862. The Labute approximate surface area is 251 Å².